The number of nitrogen functional groups attached to an aromatic ring is 1. The quantitative estimate of drug-likeness (QED) is 0.249. The van der Waals surface area contributed by atoms with E-state index in [1.54, 1.807) is 14.2 Å². The molecule has 3 heterocycles. The number of aromatic nitrogens is 4. The fourth-order valence-electron chi connectivity index (χ4n) is 5.14. The Morgan fingerprint density at radius 2 is 1.46 bits per heavy atom. The van der Waals surface area contributed by atoms with Crippen LogP contribution in [-0.4, -0.2) is 46.4 Å². The lowest BCUT2D eigenvalue weighted by atomic mass is 9.80. The Kier molecular flexibility index (Phi) is 7.08. The summed E-state index contributed by atoms with van der Waals surface area (Å²) in [5, 5.41) is 0. The molecule has 0 bridgehead atoms. The molecule has 2 aromatic heterocycles. The van der Waals surface area contributed by atoms with Crippen molar-refractivity contribution in [3.8, 4) is 11.5 Å². The highest BCUT2D eigenvalue weighted by Gasteiger charge is 2.40. The molecule has 2 atom stereocenters. The van der Waals surface area contributed by atoms with Crippen LogP contribution in [0.2, 0.25) is 0 Å². The topological polar surface area (TPSA) is 107 Å². The van der Waals surface area contributed by atoms with Gasteiger partial charge in [-0.25, -0.2) is 19.3 Å². The lowest BCUT2D eigenvalue weighted by molar-refractivity contribution is -0.0712. The molecule has 3 aromatic carbocycles. The fraction of sp³-hybridized carbons (Fsp3) is 0.194. The molecule has 41 heavy (non-hydrogen) atoms. The average molecular weight is 554 g/mol. The zero-order valence-corrected chi connectivity index (χ0v) is 22.5. The van der Waals surface area contributed by atoms with E-state index < -0.39 is 23.8 Å². The molecule has 2 N–H and O–H groups in total. The van der Waals surface area contributed by atoms with Crippen LogP contribution in [-0.2, 0) is 15.1 Å². The SMILES string of the molecule is COc1ccc(C(OC[C@@H]2C=C(F)[C@H](n3cnc4c(N)ncnc43)O2)(c2ccccc2)c2ccc(OC)cc2)cc1. The summed E-state index contributed by atoms with van der Waals surface area (Å²) < 4.78 is 40.6. The molecule has 0 aliphatic carbocycles. The first-order chi connectivity index (χ1) is 20.0. The highest BCUT2D eigenvalue weighted by atomic mass is 19.1. The number of ether oxygens (including phenoxy) is 4. The van der Waals surface area contributed by atoms with Gasteiger partial charge >= 0.3 is 0 Å². The van der Waals surface area contributed by atoms with E-state index in [1.165, 1.54) is 23.3 Å². The summed E-state index contributed by atoms with van der Waals surface area (Å²) in [6, 6.07) is 25.3. The summed E-state index contributed by atoms with van der Waals surface area (Å²) in [4.78, 5) is 12.4. The molecule has 208 valence electrons. The minimum atomic E-state index is -1.06. The largest absolute Gasteiger partial charge is 0.497 e. The molecule has 0 saturated heterocycles. The highest BCUT2D eigenvalue weighted by Crippen LogP contribution is 2.43. The lowest BCUT2D eigenvalue weighted by Crippen LogP contribution is -2.35. The van der Waals surface area contributed by atoms with Crippen LogP contribution in [0.15, 0.2) is 103 Å². The summed E-state index contributed by atoms with van der Waals surface area (Å²) in [5.74, 6) is 1.17. The van der Waals surface area contributed by atoms with Crippen LogP contribution in [0.5, 0.6) is 11.5 Å². The predicted molar refractivity (Wildman–Crippen MR) is 151 cm³/mol. The third-order valence-corrected chi connectivity index (χ3v) is 7.16. The summed E-state index contributed by atoms with van der Waals surface area (Å²) in [6.07, 6.45) is 2.41. The molecule has 0 unspecified atom stereocenters. The Morgan fingerprint density at radius 3 is 2.07 bits per heavy atom. The Morgan fingerprint density at radius 1 is 0.854 bits per heavy atom. The van der Waals surface area contributed by atoms with Gasteiger partial charge in [-0.1, -0.05) is 54.6 Å². The second-order valence-corrected chi connectivity index (χ2v) is 9.48. The van der Waals surface area contributed by atoms with Crippen molar-refractivity contribution in [2.75, 3.05) is 26.6 Å². The lowest BCUT2D eigenvalue weighted by Gasteiger charge is -2.36. The first kappa shape index (κ1) is 26.4. The van der Waals surface area contributed by atoms with Crippen molar-refractivity contribution >= 4 is 17.0 Å². The number of nitrogens with two attached hydrogens (primary N) is 1. The number of hydrogen-bond acceptors (Lipinski definition) is 8. The van der Waals surface area contributed by atoms with Crippen molar-refractivity contribution in [2.45, 2.75) is 17.9 Å². The van der Waals surface area contributed by atoms with Crippen molar-refractivity contribution < 1.29 is 23.3 Å². The number of fused-ring (bicyclic) bond motifs is 1. The summed E-state index contributed by atoms with van der Waals surface area (Å²) in [6.45, 7) is 0.0423. The number of benzene rings is 3. The number of methoxy groups -OCH3 is 2. The Balaban J connectivity index is 1.37. The normalized spacial score (nSPS) is 17.0. The molecular formula is C31H28FN5O4. The van der Waals surface area contributed by atoms with E-state index >= 15 is 4.39 Å². The maximum Gasteiger partial charge on any atom is 0.189 e. The maximum absolute atomic E-state index is 15.3. The van der Waals surface area contributed by atoms with Crippen molar-refractivity contribution in [1.82, 2.24) is 19.5 Å². The van der Waals surface area contributed by atoms with Crippen molar-refractivity contribution in [3.05, 3.63) is 120 Å². The molecule has 1 aliphatic rings. The van der Waals surface area contributed by atoms with Gasteiger partial charge in [0.2, 0.25) is 0 Å². The smallest absolute Gasteiger partial charge is 0.189 e. The van der Waals surface area contributed by atoms with Crippen LogP contribution >= 0.6 is 0 Å². The zero-order valence-electron chi connectivity index (χ0n) is 22.5. The zero-order chi connectivity index (χ0) is 28.4. The van der Waals surface area contributed by atoms with E-state index in [9.17, 15) is 0 Å². The predicted octanol–water partition coefficient (Wildman–Crippen LogP) is 5.19. The van der Waals surface area contributed by atoms with E-state index in [0.717, 1.165) is 28.2 Å². The van der Waals surface area contributed by atoms with Gasteiger partial charge in [0.15, 0.2) is 17.7 Å². The molecule has 0 radical (unpaired) electrons. The number of nitrogens with zero attached hydrogens (tertiary/aromatic N) is 4. The first-order valence-electron chi connectivity index (χ1n) is 13.0. The molecule has 0 amide bonds. The molecule has 5 aromatic rings. The summed E-state index contributed by atoms with van der Waals surface area (Å²) >= 11 is 0. The van der Waals surface area contributed by atoms with Crippen molar-refractivity contribution in [1.29, 1.82) is 0 Å². The van der Waals surface area contributed by atoms with Crippen LogP contribution < -0.4 is 15.2 Å². The van der Waals surface area contributed by atoms with Gasteiger partial charge in [-0.3, -0.25) is 4.57 Å². The second kappa shape index (κ2) is 11.0. The minimum Gasteiger partial charge on any atom is -0.497 e. The van der Waals surface area contributed by atoms with E-state index in [2.05, 4.69) is 15.0 Å². The van der Waals surface area contributed by atoms with Gasteiger partial charge < -0.3 is 24.7 Å². The summed E-state index contributed by atoms with van der Waals surface area (Å²) in [5.41, 5.74) is 8.23. The maximum atomic E-state index is 15.3. The summed E-state index contributed by atoms with van der Waals surface area (Å²) in [7, 11) is 3.25. The first-order valence-corrected chi connectivity index (χ1v) is 13.0. The molecule has 0 fully saturated rings. The minimum absolute atomic E-state index is 0.0423. The highest BCUT2D eigenvalue weighted by molar-refractivity contribution is 5.81. The van der Waals surface area contributed by atoms with Gasteiger partial charge in [-0.05, 0) is 47.0 Å². The van der Waals surface area contributed by atoms with Crippen LogP contribution in [0.1, 0.15) is 22.9 Å². The van der Waals surface area contributed by atoms with E-state index in [-0.39, 0.29) is 12.4 Å². The van der Waals surface area contributed by atoms with Gasteiger partial charge in [0.25, 0.3) is 0 Å². The third-order valence-electron chi connectivity index (χ3n) is 7.16. The Hall–Kier alpha value is -4.80. The molecule has 6 rings (SSSR count). The number of anilines is 1. The molecule has 9 nitrogen and oxygen atoms in total. The van der Waals surface area contributed by atoms with E-state index in [4.69, 9.17) is 24.7 Å². The molecule has 10 heteroatoms. The van der Waals surface area contributed by atoms with Gasteiger partial charge in [-0.2, -0.15) is 0 Å². The number of hydrogen-bond donors (Lipinski definition) is 1. The molecular weight excluding hydrogens is 525 g/mol. The Bertz CT molecular complexity index is 1630. The standard InChI is InChI=1S/C31H28FN5O4/c1-38-23-12-8-21(9-13-23)31(20-6-4-3-5-7-20,22-10-14-24(39-2)15-11-22)40-17-25-16-26(32)30(41-25)37-19-36-27-28(33)34-18-35-29(27)37/h3-16,18-19,25,30H,17H2,1-2H3,(H2,33,34,35)/t25-,30+/m0/s1. The average Bonchev–Trinajstić information content (AvgIpc) is 3.62. The van der Waals surface area contributed by atoms with Crippen molar-refractivity contribution in [2.24, 2.45) is 0 Å². The van der Waals surface area contributed by atoms with Gasteiger partial charge in [0, 0.05) is 0 Å². The fourth-order valence-corrected chi connectivity index (χ4v) is 5.14. The molecule has 0 spiro atoms. The van der Waals surface area contributed by atoms with Crippen LogP contribution in [0.4, 0.5) is 10.2 Å². The van der Waals surface area contributed by atoms with E-state index in [0.29, 0.717) is 11.2 Å². The van der Waals surface area contributed by atoms with Crippen LogP contribution in [0.3, 0.4) is 0 Å². The number of halogens is 1. The van der Waals surface area contributed by atoms with Crippen LogP contribution in [0, 0.1) is 0 Å². The van der Waals surface area contributed by atoms with E-state index in [1.807, 2.05) is 78.9 Å². The number of rotatable bonds is 9. The number of imidazole rings is 1. The van der Waals surface area contributed by atoms with Crippen molar-refractivity contribution in [3.63, 3.8) is 0 Å². The van der Waals surface area contributed by atoms with Gasteiger partial charge in [-0.15, -0.1) is 0 Å². The molecule has 1 aliphatic heterocycles. The third kappa shape index (κ3) is 4.77. The van der Waals surface area contributed by atoms with Gasteiger partial charge in [0.1, 0.15) is 40.9 Å². The molecule has 0 saturated carbocycles. The second-order valence-electron chi connectivity index (χ2n) is 9.48. The Labute approximate surface area is 236 Å². The van der Waals surface area contributed by atoms with Gasteiger partial charge in [0.05, 0.1) is 27.2 Å². The monoisotopic (exact) mass is 553 g/mol. The van der Waals surface area contributed by atoms with Crippen LogP contribution in [0.25, 0.3) is 11.2 Å².